The summed E-state index contributed by atoms with van der Waals surface area (Å²) in [5.74, 6) is 0.587. The lowest BCUT2D eigenvalue weighted by Gasteiger charge is -2.26. The molecule has 1 amide bonds. The first-order valence-corrected chi connectivity index (χ1v) is 12.2. The number of carbonyl (C=O) groups excluding carboxylic acids is 1. The Morgan fingerprint density at radius 3 is 2.40 bits per heavy atom. The van der Waals surface area contributed by atoms with Crippen molar-refractivity contribution in [3.63, 3.8) is 0 Å². The average Bonchev–Trinajstić information content (AvgIpc) is 3.62. The van der Waals surface area contributed by atoms with Crippen molar-refractivity contribution in [1.82, 2.24) is 15.5 Å². The quantitative estimate of drug-likeness (QED) is 0.315. The summed E-state index contributed by atoms with van der Waals surface area (Å²) in [6.07, 6.45) is 2.58. The highest BCUT2D eigenvalue weighted by molar-refractivity contribution is 6.10. The number of hydrogen-bond acceptors (Lipinski definition) is 4. The molecular weight excluding hydrogens is 434 g/mol. The van der Waals surface area contributed by atoms with E-state index in [1.54, 1.807) is 11.0 Å². The molecule has 178 valence electrons. The van der Waals surface area contributed by atoms with E-state index < -0.39 is 0 Å². The second-order valence-corrected chi connectivity index (χ2v) is 9.23. The third-order valence-electron chi connectivity index (χ3n) is 6.45. The number of rotatable bonds is 9. The summed E-state index contributed by atoms with van der Waals surface area (Å²) >= 11 is 0. The maximum Gasteiger partial charge on any atom is 0.280 e. The summed E-state index contributed by atoms with van der Waals surface area (Å²) in [6.45, 7) is 3.25. The van der Waals surface area contributed by atoms with Crippen LogP contribution in [-0.2, 0) is 6.54 Å². The molecule has 1 aromatic heterocycles. The van der Waals surface area contributed by atoms with Crippen LogP contribution in [0.3, 0.4) is 0 Å². The Balaban J connectivity index is 1.56. The van der Waals surface area contributed by atoms with E-state index in [9.17, 15) is 4.79 Å². The van der Waals surface area contributed by atoms with Crippen molar-refractivity contribution in [2.24, 2.45) is 11.7 Å². The Morgan fingerprint density at radius 2 is 1.71 bits per heavy atom. The van der Waals surface area contributed by atoms with Crippen LogP contribution in [0.5, 0.6) is 0 Å². The van der Waals surface area contributed by atoms with E-state index in [2.05, 4.69) is 51.9 Å². The monoisotopic (exact) mass is 465 g/mol. The Hall–Kier alpha value is -3.74. The third-order valence-corrected chi connectivity index (χ3v) is 6.45. The van der Waals surface area contributed by atoms with E-state index in [-0.39, 0.29) is 11.9 Å². The lowest BCUT2D eigenvalue weighted by Crippen LogP contribution is -2.28. The normalized spacial score (nSPS) is 14.0. The summed E-state index contributed by atoms with van der Waals surface area (Å²) < 4.78 is 0. The molecule has 35 heavy (non-hydrogen) atoms. The van der Waals surface area contributed by atoms with Gasteiger partial charge in [0.25, 0.3) is 5.91 Å². The number of nitrogens with two attached hydrogens (primary N) is 1. The number of nitrogens with zero attached hydrogens (tertiary/aromatic N) is 2. The first-order chi connectivity index (χ1) is 17.1. The Kier molecular flexibility index (Phi) is 6.75. The van der Waals surface area contributed by atoms with Gasteiger partial charge in [0.2, 0.25) is 0 Å². The number of H-pyrrole nitrogens is 1. The smallest absolute Gasteiger partial charge is 0.280 e. The van der Waals surface area contributed by atoms with Gasteiger partial charge >= 0.3 is 0 Å². The van der Waals surface area contributed by atoms with Crippen molar-refractivity contribution >= 4 is 17.3 Å². The van der Waals surface area contributed by atoms with E-state index in [4.69, 9.17) is 5.73 Å². The standard InChI is InChI=1S/C29H31N5O/c1-20-15-27(33-32-20)29(35)34(25-11-5-7-22(16-25)18-30)26-12-6-10-24(17-26)28(31-19-21-13-14-21)23-8-3-2-4-9-23/h2-12,15-17,21,28,31H,13-14,18-19,30H2,1H3,(H,32,33). The van der Waals surface area contributed by atoms with Crippen molar-refractivity contribution in [1.29, 1.82) is 0 Å². The number of aromatic amines is 1. The Morgan fingerprint density at radius 1 is 1.00 bits per heavy atom. The van der Waals surface area contributed by atoms with Gasteiger partial charge in [-0.25, -0.2) is 0 Å². The van der Waals surface area contributed by atoms with Gasteiger partial charge in [0, 0.05) is 17.9 Å². The molecule has 0 aliphatic heterocycles. The van der Waals surface area contributed by atoms with Gasteiger partial charge in [-0.05, 0) is 79.3 Å². The Bertz CT molecular complexity index is 1300. The van der Waals surface area contributed by atoms with Crippen LogP contribution < -0.4 is 16.0 Å². The predicted octanol–water partition coefficient (Wildman–Crippen LogP) is 5.24. The molecule has 1 aliphatic carbocycles. The highest BCUT2D eigenvalue weighted by atomic mass is 16.2. The lowest BCUT2D eigenvalue weighted by molar-refractivity contribution is 0.0994. The van der Waals surface area contributed by atoms with Gasteiger partial charge in [-0.15, -0.1) is 0 Å². The highest BCUT2D eigenvalue weighted by Crippen LogP contribution is 2.33. The molecule has 1 atom stereocenters. The SMILES string of the molecule is Cc1cc(C(=O)N(c2cccc(CN)c2)c2cccc(C(NCC3CC3)c3ccccc3)c2)[nH]n1. The topological polar surface area (TPSA) is 87.0 Å². The van der Waals surface area contributed by atoms with E-state index in [1.165, 1.54) is 18.4 Å². The van der Waals surface area contributed by atoms with Crippen LogP contribution in [-0.4, -0.2) is 22.6 Å². The molecule has 1 aliphatic rings. The molecule has 4 N–H and O–H groups in total. The van der Waals surface area contributed by atoms with Crippen LogP contribution in [0.15, 0.2) is 84.9 Å². The molecule has 0 radical (unpaired) electrons. The van der Waals surface area contributed by atoms with Crippen LogP contribution in [0, 0.1) is 12.8 Å². The molecule has 0 bridgehead atoms. The molecule has 1 saturated carbocycles. The number of aryl methyl sites for hydroxylation is 1. The maximum absolute atomic E-state index is 13.7. The van der Waals surface area contributed by atoms with Gasteiger partial charge in [-0.2, -0.15) is 5.10 Å². The summed E-state index contributed by atoms with van der Waals surface area (Å²) in [4.78, 5) is 15.5. The molecule has 6 nitrogen and oxygen atoms in total. The second-order valence-electron chi connectivity index (χ2n) is 9.23. The molecule has 0 saturated heterocycles. The van der Waals surface area contributed by atoms with Gasteiger partial charge in [0.05, 0.1) is 11.7 Å². The average molecular weight is 466 g/mol. The van der Waals surface area contributed by atoms with Crippen LogP contribution in [0.1, 0.15) is 51.8 Å². The fraction of sp³-hybridized carbons (Fsp3) is 0.241. The zero-order chi connectivity index (χ0) is 24.2. The van der Waals surface area contributed by atoms with Gasteiger partial charge in [0.1, 0.15) is 5.69 Å². The van der Waals surface area contributed by atoms with E-state index in [0.29, 0.717) is 12.2 Å². The molecular formula is C29H31N5O. The fourth-order valence-corrected chi connectivity index (χ4v) is 4.38. The van der Waals surface area contributed by atoms with Gasteiger partial charge in [-0.3, -0.25) is 14.8 Å². The van der Waals surface area contributed by atoms with Crippen LogP contribution in [0.2, 0.25) is 0 Å². The predicted molar refractivity (Wildman–Crippen MR) is 140 cm³/mol. The van der Waals surface area contributed by atoms with Gasteiger partial charge < -0.3 is 11.1 Å². The molecule has 1 fully saturated rings. The summed E-state index contributed by atoms with van der Waals surface area (Å²) in [5.41, 5.74) is 12.0. The third kappa shape index (κ3) is 5.34. The van der Waals surface area contributed by atoms with Crippen molar-refractivity contribution in [3.8, 4) is 0 Å². The molecule has 1 heterocycles. The molecule has 3 aromatic carbocycles. The van der Waals surface area contributed by atoms with Gasteiger partial charge in [0.15, 0.2) is 0 Å². The van der Waals surface area contributed by atoms with Crippen molar-refractivity contribution in [2.75, 3.05) is 11.4 Å². The Labute approximate surface area is 206 Å². The number of benzene rings is 3. The first kappa shape index (κ1) is 23.0. The van der Waals surface area contributed by atoms with Crippen LogP contribution in [0.25, 0.3) is 0 Å². The van der Waals surface area contributed by atoms with E-state index >= 15 is 0 Å². The minimum absolute atomic E-state index is 0.0403. The molecule has 4 aromatic rings. The first-order valence-electron chi connectivity index (χ1n) is 12.2. The zero-order valence-corrected chi connectivity index (χ0v) is 19.9. The molecule has 5 rings (SSSR count). The number of aromatic nitrogens is 2. The van der Waals surface area contributed by atoms with E-state index in [1.807, 2.05) is 49.4 Å². The number of amides is 1. The summed E-state index contributed by atoms with van der Waals surface area (Å²) in [7, 11) is 0. The maximum atomic E-state index is 13.7. The minimum Gasteiger partial charge on any atom is -0.326 e. The second kappa shape index (κ2) is 10.3. The van der Waals surface area contributed by atoms with Crippen molar-refractivity contribution in [2.45, 2.75) is 32.4 Å². The largest absolute Gasteiger partial charge is 0.326 e. The van der Waals surface area contributed by atoms with Crippen molar-refractivity contribution in [3.05, 3.63) is 113 Å². The zero-order valence-electron chi connectivity index (χ0n) is 19.9. The summed E-state index contributed by atoms with van der Waals surface area (Å²) in [6, 6.07) is 28.3. The number of carbonyl (C=O) groups is 1. The van der Waals surface area contributed by atoms with Crippen molar-refractivity contribution < 1.29 is 4.79 Å². The number of hydrogen-bond donors (Lipinski definition) is 3. The van der Waals surface area contributed by atoms with Crippen LogP contribution in [0.4, 0.5) is 11.4 Å². The number of nitrogens with one attached hydrogen (secondary N) is 2. The van der Waals surface area contributed by atoms with Gasteiger partial charge in [-0.1, -0.05) is 54.6 Å². The lowest BCUT2D eigenvalue weighted by atomic mass is 9.97. The fourth-order valence-electron chi connectivity index (χ4n) is 4.38. The van der Waals surface area contributed by atoms with Crippen LogP contribution >= 0.6 is 0 Å². The minimum atomic E-state index is -0.167. The molecule has 0 spiro atoms. The highest BCUT2D eigenvalue weighted by Gasteiger charge is 2.25. The molecule has 6 heteroatoms. The van der Waals surface area contributed by atoms with E-state index in [0.717, 1.165) is 40.7 Å². The number of anilines is 2. The molecule has 1 unspecified atom stereocenters. The summed E-state index contributed by atoms with van der Waals surface area (Å²) in [5, 5.41) is 10.8.